The normalized spacial score (nSPS) is 14.0. The van der Waals surface area contributed by atoms with Crippen LogP contribution in [-0.2, 0) is 16.7 Å². The van der Waals surface area contributed by atoms with Gasteiger partial charge < -0.3 is 14.2 Å². The highest BCUT2D eigenvalue weighted by atomic mass is 32.2. The van der Waals surface area contributed by atoms with Crippen LogP contribution in [0.1, 0.15) is 6.42 Å². The molecule has 7 nitrogen and oxygen atoms in total. The summed E-state index contributed by atoms with van der Waals surface area (Å²) in [7, 11) is -1.98. The summed E-state index contributed by atoms with van der Waals surface area (Å²) < 4.78 is 33.4. The van der Waals surface area contributed by atoms with Crippen LogP contribution >= 0.6 is 0 Å². The molecular formula is C15H21N3O4S. The highest BCUT2D eigenvalue weighted by Crippen LogP contribution is 2.28. The molecule has 0 radical (unpaired) electrons. The molecule has 1 N–H and O–H groups in total. The smallest absolute Gasteiger partial charge is 0.261 e. The second kappa shape index (κ2) is 7.01. The number of anilines is 1. The lowest BCUT2D eigenvalue weighted by Gasteiger charge is -2.28. The summed E-state index contributed by atoms with van der Waals surface area (Å²) in [6.45, 7) is 6.74. The zero-order valence-corrected chi connectivity index (χ0v) is 14.1. The van der Waals surface area contributed by atoms with Crippen molar-refractivity contribution in [3.05, 3.63) is 30.9 Å². The Bertz CT molecular complexity index is 790. The molecule has 0 saturated heterocycles. The molecule has 3 rings (SSSR count). The average Bonchev–Trinajstić information content (AvgIpc) is 2.84. The molecule has 0 atom stereocenters. The fraction of sp³-hybridized carbons (Fsp3) is 0.400. The number of nitrogens with zero attached hydrogens (tertiary/aromatic N) is 3. The van der Waals surface area contributed by atoms with Crippen LogP contribution in [0.15, 0.2) is 30.9 Å². The van der Waals surface area contributed by atoms with Gasteiger partial charge in [-0.15, -0.1) is 6.58 Å². The minimum absolute atomic E-state index is 0.715. The highest BCUT2D eigenvalue weighted by molar-refractivity contribution is 7.85. The minimum atomic E-state index is -3.67. The lowest BCUT2D eigenvalue weighted by atomic mass is 10.3. The van der Waals surface area contributed by atoms with Crippen molar-refractivity contribution in [3.63, 3.8) is 0 Å². The van der Waals surface area contributed by atoms with Gasteiger partial charge in [0.05, 0.1) is 24.4 Å². The van der Waals surface area contributed by atoms with Crippen molar-refractivity contribution in [1.29, 1.82) is 0 Å². The van der Waals surface area contributed by atoms with Gasteiger partial charge in [0.25, 0.3) is 10.1 Å². The van der Waals surface area contributed by atoms with Crippen molar-refractivity contribution in [2.75, 3.05) is 31.4 Å². The third-order valence-corrected chi connectivity index (χ3v) is 3.38. The van der Waals surface area contributed by atoms with Gasteiger partial charge in [-0.2, -0.15) is 8.42 Å². The first-order valence-electron chi connectivity index (χ1n) is 7.16. The van der Waals surface area contributed by atoms with Gasteiger partial charge in [-0.05, 0) is 18.6 Å². The van der Waals surface area contributed by atoms with Crippen LogP contribution in [0.2, 0.25) is 0 Å². The number of hydrogen-bond donors (Lipinski definition) is 1. The van der Waals surface area contributed by atoms with Crippen molar-refractivity contribution in [2.24, 2.45) is 0 Å². The maximum Gasteiger partial charge on any atom is 0.261 e. The Labute approximate surface area is 135 Å². The van der Waals surface area contributed by atoms with Crippen molar-refractivity contribution in [2.45, 2.75) is 13.0 Å². The topological polar surface area (TPSA) is 84.7 Å². The number of imidazole rings is 1. The summed E-state index contributed by atoms with van der Waals surface area (Å²) in [5.74, 6) is 1.90. The summed E-state index contributed by atoms with van der Waals surface area (Å²) >= 11 is 0. The molecule has 0 unspecified atom stereocenters. The number of ether oxygens (including phenoxy) is 1. The van der Waals surface area contributed by atoms with E-state index in [1.807, 2.05) is 18.2 Å². The van der Waals surface area contributed by atoms with Gasteiger partial charge in [0.1, 0.15) is 5.75 Å². The van der Waals surface area contributed by atoms with E-state index in [1.54, 1.807) is 7.11 Å². The Morgan fingerprint density at radius 1 is 1.43 bits per heavy atom. The highest BCUT2D eigenvalue weighted by Gasteiger charge is 2.20. The zero-order valence-electron chi connectivity index (χ0n) is 13.3. The molecule has 0 amide bonds. The number of benzene rings is 1. The molecule has 1 aromatic heterocycles. The third-order valence-electron chi connectivity index (χ3n) is 3.38. The summed E-state index contributed by atoms with van der Waals surface area (Å²) in [6, 6.07) is 6.07. The van der Waals surface area contributed by atoms with E-state index < -0.39 is 10.1 Å². The Balaban J connectivity index is 0.000000338. The molecule has 23 heavy (non-hydrogen) atoms. The average molecular weight is 339 g/mol. The number of hydrogen-bond acceptors (Lipinski definition) is 5. The molecular weight excluding hydrogens is 318 g/mol. The van der Waals surface area contributed by atoms with E-state index in [9.17, 15) is 8.42 Å². The fourth-order valence-electron chi connectivity index (χ4n) is 2.53. The largest absolute Gasteiger partial charge is 0.497 e. The maximum absolute atomic E-state index is 9.19. The van der Waals surface area contributed by atoms with Gasteiger partial charge in [-0.25, -0.2) is 4.98 Å². The van der Waals surface area contributed by atoms with Crippen LogP contribution in [-0.4, -0.2) is 49.0 Å². The monoisotopic (exact) mass is 339 g/mol. The van der Waals surface area contributed by atoms with Crippen molar-refractivity contribution < 1.29 is 17.7 Å². The molecule has 1 aromatic carbocycles. The van der Waals surface area contributed by atoms with Gasteiger partial charge in [0.2, 0.25) is 5.95 Å². The number of aryl methyl sites for hydroxylation is 1. The Morgan fingerprint density at radius 3 is 2.74 bits per heavy atom. The van der Waals surface area contributed by atoms with Crippen LogP contribution in [0.5, 0.6) is 5.75 Å². The zero-order chi connectivity index (χ0) is 17.0. The van der Waals surface area contributed by atoms with E-state index in [1.165, 1.54) is 5.52 Å². The Hall–Kier alpha value is -2.06. The Morgan fingerprint density at radius 2 is 2.13 bits per heavy atom. The standard InChI is InChI=1S/C14H17N3O.CH4O3S/c1-3-7-16-8-4-9-17-13-6-5-11(18-2)10-12(13)15-14(16)17;1-5(2,3)4/h3,5-6,10H,1,4,7-9H2,2H3;1H3,(H,2,3,4). The first-order chi connectivity index (χ1) is 10.8. The third kappa shape index (κ3) is 4.46. The molecule has 0 fully saturated rings. The van der Waals surface area contributed by atoms with E-state index in [2.05, 4.69) is 22.1 Å². The van der Waals surface area contributed by atoms with Gasteiger partial charge in [-0.3, -0.25) is 4.55 Å². The van der Waals surface area contributed by atoms with Crippen LogP contribution in [0.3, 0.4) is 0 Å². The fourth-order valence-corrected chi connectivity index (χ4v) is 2.53. The molecule has 1 aliphatic heterocycles. The quantitative estimate of drug-likeness (QED) is 0.679. The van der Waals surface area contributed by atoms with E-state index in [-0.39, 0.29) is 0 Å². The lowest BCUT2D eigenvalue weighted by Crippen LogP contribution is -2.32. The number of fused-ring (bicyclic) bond motifs is 3. The van der Waals surface area contributed by atoms with Crippen LogP contribution in [0.4, 0.5) is 5.95 Å². The lowest BCUT2D eigenvalue weighted by molar-refractivity contribution is 0.415. The number of rotatable bonds is 3. The second-order valence-electron chi connectivity index (χ2n) is 5.24. The summed E-state index contributed by atoms with van der Waals surface area (Å²) in [4.78, 5) is 6.99. The first kappa shape index (κ1) is 17.3. The summed E-state index contributed by atoms with van der Waals surface area (Å²) in [6.07, 6.45) is 3.79. The minimum Gasteiger partial charge on any atom is -0.497 e. The van der Waals surface area contributed by atoms with Gasteiger partial charge in [0, 0.05) is 25.7 Å². The van der Waals surface area contributed by atoms with Crippen molar-refractivity contribution in [1.82, 2.24) is 9.55 Å². The molecule has 2 aromatic rings. The second-order valence-corrected chi connectivity index (χ2v) is 6.71. The van der Waals surface area contributed by atoms with Crippen LogP contribution in [0.25, 0.3) is 11.0 Å². The van der Waals surface area contributed by atoms with Crippen molar-refractivity contribution in [3.8, 4) is 5.75 Å². The number of aromatic nitrogens is 2. The molecule has 2 heterocycles. The predicted molar refractivity (Wildman–Crippen MR) is 90.8 cm³/mol. The van der Waals surface area contributed by atoms with Gasteiger partial charge in [-0.1, -0.05) is 6.08 Å². The predicted octanol–water partition coefficient (Wildman–Crippen LogP) is 1.94. The molecule has 1 aliphatic rings. The number of methoxy groups -OCH3 is 1. The van der Waals surface area contributed by atoms with Crippen molar-refractivity contribution >= 4 is 27.1 Å². The van der Waals surface area contributed by atoms with Crippen LogP contribution in [0, 0.1) is 0 Å². The van der Waals surface area contributed by atoms with E-state index in [0.717, 1.165) is 43.3 Å². The first-order valence-corrected chi connectivity index (χ1v) is 9.01. The molecule has 8 heteroatoms. The Kier molecular flexibility index (Phi) is 5.27. The van der Waals surface area contributed by atoms with Crippen LogP contribution < -0.4 is 9.64 Å². The molecule has 0 saturated carbocycles. The maximum atomic E-state index is 9.19. The summed E-state index contributed by atoms with van der Waals surface area (Å²) in [5.41, 5.74) is 2.18. The van der Waals surface area contributed by atoms with E-state index >= 15 is 0 Å². The molecule has 126 valence electrons. The van der Waals surface area contributed by atoms with E-state index in [0.29, 0.717) is 6.26 Å². The van der Waals surface area contributed by atoms with Gasteiger partial charge in [0.15, 0.2) is 0 Å². The molecule has 0 spiro atoms. The SMILES string of the molecule is C=CCN1CCCn2c1nc1cc(OC)ccc12.CS(=O)(=O)O. The van der Waals surface area contributed by atoms with Gasteiger partial charge >= 0.3 is 0 Å². The molecule has 0 aliphatic carbocycles. The molecule has 0 bridgehead atoms. The van der Waals surface area contributed by atoms with E-state index in [4.69, 9.17) is 14.3 Å². The summed E-state index contributed by atoms with van der Waals surface area (Å²) in [5, 5.41) is 0.